The van der Waals surface area contributed by atoms with Crippen LogP contribution in [-0.2, 0) is 6.54 Å². The predicted octanol–water partition coefficient (Wildman–Crippen LogP) is 1.27. The normalized spacial score (nSPS) is 10.2. The van der Waals surface area contributed by atoms with Crippen molar-refractivity contribution >= 4 is 28.7 Å². The first kappa shape index (κ1) is 13.9. The predicted molar refractivity (Wildman–Crippen MR) is 73.3 cm³/mol. The Morgan fingerprint density at radius 2 is 2.25 bits per heavy atom. The summed E-state index contributed by atoms with van der Waals surface area (Å²) in [7, 11) is 0. The molecule has 0 aliphatic carbocycles. The van der Waals surface area contributed by atoms with Crippen molar-refractivity contribution in [2.45, 2.75) is 13.5 Å². The second kappa shape index (κ2) is 5.61. The number of nitrogens with two attached hydrogens (primary N) is 1. The van der Waals surface area contributed by atoms with Crippen LogP contribution in [0.15, 0.2) is 18.5 Å². The molecule has 0 spiro atoms. The van der Waals surface area contributed by atoms with E-state index >= 15 is 0 Å². The van der Waals surface area contributed by atoms with Crippen LogP contribution in [0.25, 0.3) is 0 Å². The molecule has 9 heteroatoms. The van der Waals surface area contributed by atoms with Crippen molar-refractivity contribution in [1.29, 1.82) is 0 Å². The number of amides is 1. The second-order valence-electron chi connectivity index (χ2n) is 3.93. The molecule has 2 rings (SSSR count). The fourth-order valence-corrected chi connectivity index (χ4v) is 2.21. The lowest BCUT2D eigenvalue weighted by molar-refractivity contribution is -0.385. The van der Waals surface area contributed by atoms with Crippen molar-refractivity contribution < 1.29 is 9.72 Å². The lowest BCUT2D eigenvalue weighted by atomic mass is 10.2. The van der Waals surface area contributed by atoms with Gasteiger partial charge in [0.25, 0.3) is 11.6 Å². The Kier molecular flexibility index (Phi) is 3.89. The third kappa shape index (κ3) is 3.06. The second-order valence-corrected chi connectivity index (χ2v) is 5.25. The van der Waals surface area contributed by atoms with Gasteiger partial charge in [-0.1, -0.05) is 0 Å². The summed E-state index contributed by atoms with van der Waals surface area (Å²) in [5.74, 6) is -0.574. The van der Waals surface area contributed by atoms with Crippen molar-refractivity contribution in [2.24, 2.45) is 0 Å². The maximum Gasteiger partial charge on any atom is 0.288 e. The molecule has 0 radical (unpaired) electrons. The highest BCUT2D eigenvalue weighted by atomic mass is 32.1. The van der Waals surface area contributed by atoms with E-state index in [1.165, 1.54) is 11.3 Å². The number of aryl methyl sites for hydroxylation is 1. The van der Waals surface area contributed by atoms with E-state index in [1.807, 2.05) is 6.92 Å². The summed E-state index contributed by atoms with van der Waals surface area (Å²) in [5.41, 5.74) is 5.25. The molecule has 0 aliphatic heterocycles. The molecular formula is C11H11N5O3S. The first-order valence-corrected chi connectivity index (χ1v) is 6.38. The van der Waals surface area contributed by atoms with Gasteiger partial charge in [-0.25, -0.2) is 9.97 Å². The average Bonchev–Trinajstić information content (AvgIpc) is 2.82. The Bertz CT molecular complexity index is 670. The molecular weight excluding hydrogens is 282 g/mol. The van der Waals surface area contributed by atoms with Crippen LogP contribution < -0.4 is 11.1 Å². The van der Waals surface area contributed by atoms with E-state index in [0.717, 1.165) is 22.1 Å². The van der Waals surface area contributed by atoms with E-state index in [2.05, 4.69) is 15.3 Å². The van der Waals surface area contributed by atoms with Gasteiger partial charge in [0.05, 0.1) is 17.0 Å². The zero-order chi connectivity index (χ0) is 14.7. The Hall–Kier alpha value is -2.55. The molecule has 20 heavy (non-hydrogen) atoms. The number of carbonyl (C=O) groups is 1. The summed E-state index contributed by atoms with van der Waals surface area (Å²) in [6.45, 7) is 2.14. The standard InChI is InChI=1S/C11H11N5O3S/c1-6-3-13-9(20-6)5-15-11(17)8-2-7(16(18)19)4-14-10(8)12/h2-4H,5H2,1H3,(H2,12,14)(H,15,17). The zero-order valence-corrected chi connectivity index (χ0v) is 11.3. The van der Waals surface area contributed by atoms with Crippen LogP contribution in [-0.4, -0.2) is 20.8 Å². The number of pyridine rings is 1. The summed E-state index contributed by atoms with van der Waals surface area (Å²) in [4.78, 5) is 30.7. The number of nitro groups is 1. The fraction of sp³-hybridized carbons (Fsp3) is 0.182. The van der Waals surface area contributed by atoms with Gasteiger partial charge in [0.1, 0.15) is 17.0 Å². The molecule has 3 N–H and O–H groups in total. The van der Waals surface area contributed by atoms with Gasteiger partial charge in [0.15, 0.2) is 0 Å². The van der Waals surface area contributed by atoms with Gasteiger partial charge in [0.2, 0.25) is 0 Å². The molecule has 0 saturated carbocycles. The number of carbonyl (C=O) groups excluding carboxylic acids is 1. The zero-order valence-electron chi connectivity index (χ0n) is 10.5. The number of nitrogens with one attached hydrogen (secondary N) is 1. The fourth-order valence-electron chi connectivity index (χ4n) is 1.48. The number of nitrogen functional groups attached to an aromatic ring is 1. The summed E-state index contributed by atoms with van der Waals surface area (Å²) >= 11 is 1.46. The van der Waals surface area contributed by atoms with Crippen LogP contribution in [0, 0.1) is 17.0 Å². The van der Waals surface area contributed by atoms with Gasteiger partial charge >= 0.3 is 0 Å². The molecule has 0 atom stereocenters. The van der Waals surface area contributed by atoms with Gasteiger partial charge in [-0.3, -0.25) is 14.9 Å². The van der Waals surface area contributed by atoms with E-state index in [0.29, 0.717) is 0 Å². The SMILES string of the molecule is Cc1cnc(CNC(=O)c2cc([N+](=O)[O-])cnc2N)s1. The molecule has 0 saturated heterocycles. The van der Waals surface area contributed by atoms with Gasteiger partial charge in [-0.15, -0.1) is 11.3 Å². The third-order valence-electron chi connectivity index (χ3n) is 2.43. The number of hydrogen-bond donors (Lipinski definition) is 2. The Balaban J connectivity index is 2.12. The number of nitrogens with zero attached hydrogens (tertiary/aromatic N) is 3. The van der Waals surface area contributed by atoms with E-state index in [-0.39, 0.29) is 23.6 Å². The number of anilines is 1. The maximum absolute atomic E-state index is 11.9. The minimum atomic E-state index is -0.632. The summed E-state index contributed by atoms with van der Waals surface area (Å²) in [6, 6.07) is 1.10. The van der Waals surface area contributed by atoms with Crippen molar-refractivity contribution in [1.82, 2.24) is 15.3 Å². The average molecular weight is 293 g/mol. The number of aromatic nitrogens is 2. The molecule has 104 valence electrons. The summed E-state index contributed by atoms with van der Waals surface area (Å²) in [5, 5.41) is 14.0. The summed E-state index contributed by atoms with van der Waals surface area (Å²) in [6.07, 6.45) is 2.71. The van der Waals surface area contributed by atoms with Crippen LogP contribution in [0.5, 0.6) is 0 Å². The highest BCUT2D eigenvalue weighted by Crippen LogP contribution is 2.17. The van der Waals surface area contributed by atoms with E-state index in [4.69, 9.17) is 5.73 Å². The van der Waals surface area contributed by atoms with Crippen molar-refractivity contribution in [3.05, 3.63) is 44.0 Å². The highest BCUT2D eigenvalue weighted by Gasteiger charge is 2.16. The molecule has 0 aliphatic rings. The van der Waals surface area contributed by atoms with Gasteiger partial charge in [-0.05, 0) is 6.92 Å². The molecule has 0 bridgehead atoms. The highest BCUT2D eigenvalue weighted by molar-refractivity contribution is 7.11. The molecule has 2 aromatic heterocycles. The lowest BCUT2D eigenvalue weighted by Crippen LogP contribution is -2.24. The first-order valence-electron chi connectivity index (χ1n) is 5.57. The van der Waals surface area contributed by atoms with Crippen molar-refractivity contribution in [3.63, 3.8) is 0 Å². The van der Waals surface area contributed by atoms with E-state index in [9.17, 15) is 14.9 Å². The quantitative estimate of drug-likeness (QED) is 0.646. The Morgan fingerprint density at radius 1 is 1.50 bits per heavy atom. The number of rotatable bonds is 4. The van der Waals surface area contributed by atoms with E-state index < -0.39 is 10.8 Å². The van der Waals surface area contributed by atoms with Crippen molar-refractivity contribution in [3.8, 4) is 0 Å². The number of thiazole rings is 1. The molecule has 0 aromatic carbocycles. The topological polar surface area (TPSA) is 124 Å². The van der Waals surface area contributed by atoms with Crippen LogP contribution in [0.3, 0.4) is 0 Å². The molecule has 0 fully saturated rings. The monoisotopic (exact) mass is 293 g/mol. The molecule has 8 nitrogen and oxygen atoms in total. The molecule has 0 unspecified atom stereocenters. The van der Waals surface area contributed by atoms with E-state index in [1.54, 1.807) is 6.20 Å². The molecule has 1 amide bonds. The van der Waals surface area contributed by atoms with Gasteiger partial charge in [0, 0.05) is 17.1 Å². The van der Waals surface area contributed by atoms with Crippen LogP contribution in [0.4, 0.5) is 11.5 Å². The lowest BCUT2D eigenvalue weighted by Gasteiger charge is -2.05. The first-order chi connectivity index (χ1) is 9.47. The Labute approximate surface area is 117 Å². The smallest absolute Gasteiger partial charge is 0.288 e. The Morgan fingerprint density at radius 3 is 2.85 bits per heavy atom. The van der Waals surface area contributed by atoms with Gasteiger partial charge in [-0.2, -0.15) is 0 Å². The third-order valence-corrected chi connectivity index (χ3v) is 3.34. The van der Waals surface area contributed by atoms with Crippen LogP contribution in [0.2, 0.25) is 0 Å². The van der Waals surface area contributed by atoms with Crippen molar-refractivity contribution in [2.75, 3.05) is 5.73 Å². The molecule has 2 aromatic rings. The largest absolute Gasteiger partial charge is 0.383 e. The minimum absolute atomic E-state index is 0.0209. The summed E-state index contributed by atoms with van der Waals surface area (Å²) < 4.78 is 0. The van der Waals surface area contributed by atoms with Crippen LogP contribution >= 0.6 is 11.3 Å². The minimum Gasteiger partial charge on any atom is -0.383 e. The van der Waals surface area contributed by atoms with Crippen LogP contribution in [0.1, 0.15) is 20.2 Å². The van der Waals surface area contributed by atoms with Gasteiger partial charge < -0.3 is 11.1 Å². The maximum atomic E-state index is 11.9. The molecule has 2 heterocycles. The number of hydrogen-bond acceptors (Lipinski definition) is 7.